The van der Waals surface area contributed by atoms with Crippen LogP contribution < -0.4 is 5.73 Å². The van der Waals surface area contributed by atoms with E-state index in [0.717, 1.165) is 0 Å². The molecule has 0 aromatic heterocycles. The summed E-state index contributed by atoms with van der Waals surface area (Å²) in [5.41, 5.74) is 5.26. The maximum absolute atomic E-state index is 11.2. The van der Waals surface area contributed by atoms with Gasteiger partial charge < -0.3 is 5.73 Å². The molecule has 12 heavy (non-hydrogen) atoms. The first kappa shape index (κ1) is 9.58. The van der Waals surface area contributed by atoms with Gasteiger partial charge in [-0.15, -0.1) is 11.8 Å². The second-order valence-corrected chi connectivity index (χ2v) is 4.16. The fourth-order valence-electron chi connectivity index (χ4n) is 1.43. The molecule has 1 heterocycles. The summed E-state index contributed by atoms with van der Waals surface area (Å²) >= 11 is 1.35. The lowest BCUT2D eigenvalue weighted by Crippen LogP contribution is -2.43. The molecule has 1 saturated heterocycles. The first-order chi connectivity index (χ1) is 5.54. The van der Waals surface area contributed by atoms with Crippen LogP contribution in [0.15, 0.2) is 0 Å². The largest absolute Gasteiger partial charge is 0.368 e. The van der Waals surface area contributed by atoms with Crippen molar-refractivity contribution in [2.24, 2.45) is 5.73 Å². The van der Waals surface area contributed by atoms with Crippen LogP contribution >= 0.6 is 11.8 Å². The molecule has 4 heteroatoms. The highest BCUT2D eigenvalue weighted by atomic mass is 32.2. The molecule has 0 aromatic rings. The summed E-state index contributed by atoms with van der Waals surface area (Å²) in [6.45, 7) is 3.58. The number of thioether (sulfide) groups is 1. The molecule has 0 aromatic carbocycles. The lowest BCUT2D eigenvalue weighted by molar-refractivity contribution is -0.122. The van der Waals surface area contributed by atoms with Gasteiger partial charge in [-0.2, -0.15) is 0 Å². The van der Waals surface area contributed by atoms with Crippen LogP contribution in [0.3, 0.4) is 0 Å². The van der Waals surface area contributed by atoms with Crippen molar-refractivity contribution in [1.29, 1.82) is 0 Å². The minimum absolute atomic E-state index is 0.0562. The SMILES string of the molecule is CCC1(C(N)=O)SCC(=O)[C]1C. The molecule has 1 rings (SSSR count). The molecule has 1 unspecified atom stereocenters. The van der Waals surface area contributed by atoms with E-state index in [2.05, 4.69) is 0 Å². The third kappa shape index (κ3) is 1.14. The number of hydrogen-bond acceptors (Lipinski definition) is 3. The van der Waals surface area contributed by atoms with Crippen molar-refractivity contribution in [3.8, 4) is 0 Å². The molecule has 0 bridgehead atoms. The smallest absolute Gasteiger partial charge is 0.234 e. The standard InChI is InChI=1S/C8H12NO2S/c1-3-8(7(9)11)5(2)6(10)4-12-8/h3-4H2,1-2H3,(H2,9,11). The van der Waals surface area contributed by atoms with Crippen molar-refractivity contribution in [3.63, 3.8) is 0 Å². The maximum Gasteiger partial charge on any atom is 0.234 e. The highest BCUT2D eigenvalue weighted by molar-refractivity contribution is 8.02. The Morgan fingerprint density at radius 3 is 2.50 bits per heavy atom. The first-order valence-electron chi connectivity index (χ1n) is 3.85. The van der Waals surface area contributed by atoms with Crippen LogP contribution in [0.2, 0.25) is 0 Å². The molecule has 1 radical (unpaired) electrons. The van der Waals surface area contributed by atoms with Crippen LogP contribution in [0.25, 0.3) is 0 Å². The van der Waals surface area contributed by atoms with E-state index in [0.29, 0.717) is 18.1 Å². The predicted octanol–water partition coefficient (Wildman–Crippen LogP) is 0.531. The van der Waals surface area contributed by atoms with Crippen LogP contribution in [-0.4, -0.2) is 22.2 Å². The predicted molar refractivity (Wildman–Crippen MR) is 48.6 cm³/mol. The zero-order chi connectivity index (χ0) is 9.35. The molecule has 1 atom stereocenters. The summed E-state index contributed by atoms with van der Waals surface area (Å²) in [6, 6.07) is 0. The van der Waals surface area contributed by atoms with Gasteiger partial charge in [-0.25, -0.2) is 0 Å². The monoisotopic (exact) mass is 186 g/mol. The highest BCUT2D eigenvalue weighted by Gasteiger charge is 2.50. The summed E-state index contributed by atoms with van der Waals surface area (Å²) < 4.78 is -0.711. The van der Waals surface area contributed by atoms with Gasteiger partial charge in [0.1, 0.15) is 4.75 Å². The molecule has 1 fully saturated rings. The van der Waals surface area contributed by atoms with E-state index in [1.54, 1.807) is 6.92 Å². The van der Waals surface area contributed by atoms with Gasteiger partial charge in [-0.3, -0.25) is 9.59 Å². The zero-order valence-corrected chi connectivity index (χ0v) is 8.03. The van der Waals surface area contributed by atoms with Crippen LogP contribution in [-0.2, 0) is 9.59 Å². The Bertz CT molecular complexity index is 229. The van der Waals surface area contributed by atoms with Crippen LogP contribution in [0.5, 0.6) is 0 Å². The molecule has 1 aliphatic heterocycles. The summed E-state index contributed by atoms with van der Waals surface area (Å²) in [4.78, 5) is 22.3. The van der Waals surface area contributed by atoms with E-state index in [-0.39, 0.29) is 5.78 Å². The second kappa shape index (κ2) is 3.09. The number of Topliss-reactive ketones (excluding diaryl/α,β-unsaturated/α-hetero) is 1. The molecule has 0 saturated carbocycles. The number of rotatable bonds is 2. The zero-order valence-electron chi connectivity index (χ0n) is 7.22. The van der Waals surface area contributed by atoms with E-state index in [1.807, 2.05) is 6.92 Å². The fourth-order valence-corrected chi connectivity index (χ4v) is 2.70. The van der Waals surface area contributed by atoms with E-state index >= 15 is 0 Å². The Kier molecular flexibility index (Phi) is 2.46. The first-order valence-corrected chi connectivity index (χ1v) is 4.84. The van der Waals surface area contributed by atoms with Gasteiger partial charge in [-0.05, 0) is 13.3 Å². The molecule has 3 nitrogen and oxygen atoms in total. The number of carbonyl (C=O) groups excluding carboxylic acids is 2. The van der Waals surface area contributed by atoms with E-state index in [9.17, 15) is 9.59 Å². The Hall–Kier alpha value is -0.510. The molecular formula is C8H12NO2S. The van der Waals surface area contributed by atoms with E-state index in [1.165, 1.54) is 11.8 Å². The minimum Gasteiger partial charge on any atom is -0.368 e. The van der Waals surface area contributed by atoms with E-state index in [4.69, 9.17) is 5.73 Å². The fraction of sp³-hybridized carbons (Fsp3) is 0.625. The average Bonchev–Trinajstić information content (AvgIpc) is 2.31. The lowest BCUT2D eigenvalue weighted by Gasteiger charge is -2.25. The normalized spacial score (nSPS) is 31.0. The summed E-state index contributed by atoms with van der Waals surface area (Å²) in [6.07, 6.45) is 0.602. The van der Waals surface area contributed by atoms with Gasteiger partial charge in [0, 0.05) is 0 Å². The summed E-state index contributed by atoms with van der Waals surface area (Å²) in [5.74, 6) is 0.671. The van der Waals surface area contributed by atoms with Gasteiger partial charge >= 0.3 is 0 Å². The van der Waals surface area contributed by atoms with Crippen molar-refractivity contribution in [2.45, 2.75) is 25.0 Å². The molecule has 1 amide bonds. The third-order valence-electron chi connectivity index (χ3n) is 2.37. The van der Waals surface area contributed by atoms with Crippen molar-refractivity contribution < 1.29 is 9.59 Å². The molecule has 1 aliphatic rings. The summed E-state index contributed by atoms with van der Waals surface area (Å²) in [7, 11) is 0. The molecule has 0 aliphatic carbocycles. The minimum atomic E-state index is -0.711. The number of ketones is 1. The van der Waals surface area contributed by atoms with E-state index < -0.39 is 10.7 Å². The van der Waals surface area contributed by atoms with Gasteiger partial charge in [0.25, 0.3) is 0 Å². The van der Waals surface area contributed by atoms with Crippen molar-refractivity contribution in [3.05, 3.63) is 5.92 Å². The number of nitrogens with two attached hydrogens (primary N) is 1. The topological polar surface area (TPSA) is 60.2 Å². The Morgan fingerprint density at radius 2 is 2.33 bits per heavy atom. The summed E-state index contributed by atoms with van der Waals surface area (Å²) in [5, 5.41) is 0. The van der Waals surface area contributed by atoms with Crippen LogP contribution in [0.4, 0.5) is 0 Å². The Morgan fingerprint density at radius 1 is 1.75 bits per heavy atom. The number of carbonyl (C=O) groups is 2. The lowest BCUT2D eigenvalue weighted by atomic mass is 9.88. The Labute approximate surface area is 76.1 Å². The van der Waals surface area contributed by atoms with Crippen LogP contribution in [0, 0.1) is 5.92 Å². The second-order valence-electron chi connectivity index (χ2n) is 2.88. The van der Waals surface area contributed by atoms with Crippen molar-refractivity contribution in [1.82, 2.24) is 0 Å². The number of primary amides is 1. The number of hydrogen-bond donors (Lipinski definition) is 1. The molecule has 67 valence electrons. The van der Waals surface area contributed by atoms with Gasteiger partial charge in [0.2, 0.25) is 5.91 Å². The number of amides is 1. The van der Waals surface area contributed by atoms with Crippen molar-refractivity contribution in [2.75, 3.05) is 5.75 Å². The average molecular weight is 186 g/mol. The quantitative estimate of drug-likeness (QED) is 0.684. The van der Waals surface area contributed by atoms with Gasteiger partial charge in [0.05, 0.1) is 11.7 Å². The third-order valence-corrected chi connectivity index (χ3v) is 4.06. The highest BCUT2D eigenvalue weighted by Crippen LogP contribution is 2.44. The molecule has 2 N–H and O–H groups in total. The van der Waals surface area contributed by atoms with Crippen molar-refractivity contribution >= 4 is 23.5 Å². The maximum atomic E-state index is 11.2. The molecular weight excluding hydrogens is 174 g/mol. The molecule has 0 spiro atoms. The Balaban J connectivity index is 2.95. The van der Waals surface area contributed by atoms with Gasteiger partial charge in [0.15, 0.2) is 5.78 Å². The van der Waals surface area contributed by atoms with Gasteiger partial charge in [-0.1, -0.05) is 6.92 Å². The van der Waals surface area contributed by atoms with Crippen LogP contribution in [0.1, 0.15) is 20.3 Å².